The fourth-order valence-electron chi connectivity index (χ4n) is 2.99. The number of amidine groups is 1. The summed E-state index contributed by atoms with van der Waals surface area (Å²) in [6, 6.07) is 10.9. The van der Waals surface area contributed by atoms with E-state index in [0.29, 0.717) is 23.2 Å². The smallest absolute Gasteiger partial charge is 0.274 e. The summed E-state index contributed by atoms with van der Waals surface area (Å²) in [5, 5.41) is 3.48. The van der Waals surface area contributed by atoms with Crippen molar-refractivity contribution in [1.82, 2.24) is 4.98 Å². The van der Waals surface area contributed by atoms with Crippen molar-refractivity contribution < 1.29 is 9.53 Å². The van der Waals surface area contributed by atoms with Crippen LogP contribution in [0.2, 0.25) is 0 Å². The molecule has 2 aromatic rings. The fourth-order valence-corrected chi connectivity index (χ4v) is 3.98. The van der Waals surface area contributed by atoms with Crippen molar-refractivity contribution in [3.63, 3.8) is 0 Å². The maximum Gasteiger partial charge on any atom is 0.274 e. The van der Waals surface area contributed by atoms with Gasteiger partial charge in [-0.1, -0.05) is 17.8 Å². The van der Waals surface area contributed by atoms with Gasteiger partial charge in [-0.15, -0.1) is 0 Å². The number of thioether (sulfide) groups is 1. The molecule has 0 saturated carbocycles. The maximum atomic E-state index is 12.3. The minimum absolute atomic E-state index is 0.245. The number of aromatic nitrogens is 1. The number of nitrogens with one attached hydrogen (secondary N) is 1. The number of fused-ring (bicyclic) bond motifs is 2. The molecule has 2 aliphatic rings. The Balaban J connectivity index is 1.65. The van der Waals surface area contributed by atoms with E-state index in [1.54, 1.807) is 36.2 Å². The number of aliphatic imine (C=N–C) groups is 1. The first-order chi connectivity index (χ1) is 11.7. The highest BCUT2D eigenvalue weighted by Gasteiger charge is 2.41. The van der Waals surface area contributed by atoms with Gasteiger partial charge in [-0.2, -0.15) is 0 Å². The van der Waals surface area contributed by atoms with Gasteiger partial charge in [0.2, 0.25) is 0 Å². The molecule has 3 N–H and O–H groups in total. The number of hydrogen-bond donors (Lipinski definition) is 2. The van der Waals surface area contributed by atoms with Crippen LogP contribution in [-0.2, 0) is 5.54 Å². The van der Waals surface area contributed by atoms with Gasteiger partial charge in [0.1, 0.15) is 17.0 Å². The SMILES string of the molecule is NC1=N[C@@]2(CCOc3ccc(NC(=O)c4ccccn4)cc32)CS1. The molecule has 0 bridgehead atoms. The molecule has 7 heteroatoms. The Morgan fingerprint density at radius 1 is 1.33 bits per heavy atom. The van der Waals surface area contributed by atoms with E-state index >= 15 is 0 Å². The quantitative estimate of drug-likeness (QED) is 0.876. The Kier molecular flexibility index (Phi) is 3.65. The number of carbonyl (C=O) groups excluding carboxylic acids is 1. The average Bonchev–Trinajstić information content (AvgIpc) is 2.98. The number of ether oxygens (including phenoxy) is 1. The zero-order valence-electron chi connectivity index (χ0n) is 12.9. The normalized spacial score (nSPS) is 21.8. The summed E-state index contributed by atoms with van der Waals surface area (Å²) >= 11 is 1.56. The molecule has 1 aromatic heterocycles. The summed E-state index contributed by atoms with van der Waals surface area (Å²) in [6.45, 7) is 0.615. The Morgan fingerprint density at radius 2 is 2.25 bits per heavy atom. The largest absolute Gasteiger partial charge is 0.493 e. The van der Waals surface area contributed by atoms with Crippen molar-refractivity contribution in [2.45, 2.75) is 12.0 Å². The summed E-state index contributed by atoms with van der Waals surface area (Å²) in [5.74, 6) is 1.36. The third-order valence-corrected chi connectivity index (χ3v) is 5.20. The number of nitrogens with two attached hydrogens (primary N) is 1. The summed E-state index contributed by atoms with van der Waals surface area (Å²) in [4.78, 5) is 21.0. The Bertz CT molecular complexity index is 825. The second kappa shape index (κ2) is 5.83. The molecule has 0 radical (unpaired) electrons. The summed E-state index contributed by atoms with van der Waals surface area (Å²) in [5.41, 5.74) is 7.58. The van der Waals surface area contributed by atoms with E-state index in [9.17, 15) is 4.79 Å². The van der Waals surface area contributed by atoms with Gasteiger partial charge >= 0.3 is 0 Å². The minimum Gasteiger partial charge on any atom is -0.493 e. The molecule has 0 aliphatic carbocycles. The highest BCUT2D eigenvalue weighted by atomic mass is 32.2. The lowest BCUT2D eigenvalue weighted by Gasteiger charge is -2.32. The number of anilines is 1. The zero-order chi connectivity index (χ0) is 16.6. The Labute approximate surface area is 143 Å². The zero-order valence-corrected chi connectivity index (χ0v) is 13.7. The summed E-state index contributed by atoms with van der Waals surface area (Å²) in [7, 11) is 0. The first-order valence-corrected chi connectivity index (χ1v) is 8.63. The van der Waals surface area contributed by atoms with Crippen molar-refractivity contribution in [2.24, 2.45) is 10.7 Å². The minimum atomic E-state index is -0.353. The monoisotopic (exact) mass is 340 g/mol. The van der Waals surface area contributed by atoms with Gasteiger partial charge in [0.15, 0.2) is 5.17 Å². The number of benzene rings is 1. The van der Waals surface area contributed by atoms with E-state index < -0.39 is 0 Å². The van der Waals surface area contributed by atoms with Crippen LogP contribution in [0.25, 0.3) is 0 Å². The van der Waals surface area contributed by atoms with Crippen LogP contribution in [0.5, 0.6) is 5.75 Å². The van der Waals surface area contributed by atoms with E-state index in [1.165, 1.54) is 0 Å². The molecule has 3 heterocycles. The molecule has 1 atom stereocenters. The highest BCUT2D eigenvalue weighted by Crippen LogP contribution is 2.46. The number of rotatable bonds is 2. The van der Waals surface area contributed by atoms with Crippen LogP contribution in [0.1, 0.15) is 22.5 Å². The molecular formula is C17H16N4O2S. The van der Waals surface area contributed by atoms with Crippen molar-refractivity contribution in [3.05, 3.63) is 53.9 Å². The number of hydrogen-bond acceptors (Lipinski definition) is 6. The van der Waals surface area contributed by atoms with Gasteiger partial charge < -0.3 is 15.8 Å². The van der Waals surface area contributed by atoms with E-state index in [1.807, 2.05) is 18.2 Å². The molecule has 1 spiro atoms. The van der Waals surface area contributed by atoms with Crippen LogP contribution in [-0.4, -0.2) is 28.4 Å². The molecule has 0 fully saturated rings. The second-order valence-corrected chi connectivity index (χ2v) is 6.74. The molecule has 6 nitrogen and oxygen atoms in total. The van der Waals surface area contributed by atoms with Crippen molar-refractivity contribution in [1.29, 1.82) is 0 Å². The van der Waals surface area contributed by atoms with E-state index in [-0.39, 0.29) is 11.4 Å². The lowest BCUT2D eigenvalue weighted by molar-refractivity contribution is 0.102. The topological polar surface area (TPSA) is 89.6 Å². The van der Waals surface area contributed by atoms with Gasteiger partial charge in [-0.25, -0.2) is 0 Å². The number of amides is 1. The van der Waals surface area contributed by atoms with Crippen molar-refractivity contribution in [3.8, 4) is 5.75 Å². The first kappa shape index (κ1) is 15.0. The highest BCUT2D eigenvalue weighted by molar-refractivity contribution is 8.14. The van der Waals surface area contributed by atoms with Crippen LogP contribution in [0.4, 0.5) is 5.69 Å². The third-order valence-electron chi connectivity index (χ3n) is 4.19. The van der Waals surface area contributed by atoms with Crippen LogP contribution in [0.3, 0.4) is 0 Å². The van der Waals surface area contributed by atoms with Crippen LogP contribution in [0, 0.1) is 0 Å². The molecule has 0 saturated heterocycles. The summed E-state index contributed by atoms with van der Waals surface area (Å²) in [6.07, 6.45) is 2.38. The number of carbonyl (C=O) groups is 1. The maximum absolute atomic E-state index is 12.3. The standard InChI is InChI=1S/C17H16N4O2S/c18-16-21-17(10-24-16)6-8-23-14-5-4-11(9-12(14)17)20-15(22)13-3-1-2-7-19-13/h1-5,7,9H,6,8,10H2,(H2,18,21)(H,20,22)/t17-/m0/s1. The van der Waals surface area contributed by atoms with Crippen molar-refractivity contribution >= 4 is 28.5 Å². The molecule has 0 unspecified atom stereocenters. The second-order valence-electron chi connectivity index (χ2n) is 5.75. The molecular weight excluding hydrogens is 324 g/mol. The molecule has 2 aliphatic heterocycles. The first-order valence-electron chi connectivity index (χ1n) is 7.64. The van der Waals surface area contributed by atoms with Crippen LogP contribution >= 0.6 is 11.8 Å². The fraction of sp³-hybridized carbons (Fsp3) is 0.235. The predicted octanol–water partition coefficient (Wildman–Crippen LogP) is 2.37. The third kappa shape index (κ3) is 2.60. The Morgan fingerprint density at radius 3 is 3.00 bits per heavy atom. The van der Waals surface area contributed by atoms with Crippen molar-refractivity contribution in [2.75, 3.05) is 17.7 Å². The average molecular weight is 340 g/mol. The van der Waals surface area contributed by atoms with Gasteiger partial charge in [0.05, 0.1) is 6.61 Å². The molecule has 4 rings (SSSR count). The molecule has 1 amide bonds. The molecule has 24 heavy (non-hydrogen) atoms. The van der Waals surface area contributed by atoms with Gasteiger partial charge in [-0.3, -0.25) is 14.8 Å². The Hall–Kier alpha value is -2.54. The lowest BCUT2D eigenvalue weighted by Crippen LogP contribution is -2.32. The van der Waals surface area contributed by atoms with Crippen LogP contribution < -0.4 is 15.8 Å². The van der Waals surface area contributed by atoms with Gasteiger partial charge in [0.25, 0.3) is 5.91 Å². The predicted molar refractivity (Wildman–Crippen MR) is 94.5 cm³/mol. The van der Waals surface area contributed by atoms with Gasteiger partial charge in [0, 0.05) is 29.6 Å². The number of pyridine rings is 1. The lowest BCUT2D eigenvalue weighted by atomic mass is 9.86. The molecule has 1 aromatic carbocycles. The molecule has 122 valence electrons. The van der Waals surface area contributed by atoms with E-state index in [2.05, 4.69) is 15.3 Å². The summed E-state index contributed by atoms with van der Waals surface area (Å²) < 4.78 is 5.75. The van der Waals surface area contributed by atoms with Gasteiger partial charge in [-0.05, 0) is 30.3 Å². The number of nitrogens with zero attached hydrogens (tertiary/aromatic N) is 2. The van der Waals surface area contributed by atoms with E-state index in [4.69, 9.17) is 10.5 Å². The van der Waals surface area contributed by atoms with E-state index in [0.717, 1.165) is 23.5 Å². The van der Waals surface area contributed by atoms with Crippen LogP contribution in [0.15, 0.2) is 47.6 Å².